The van der Waals surface area contributed by atoms with E-state index in [0.717, 1.165) is 27.9 Å². The predicted octanol–water partition coefficient (Wildman–Crippen LogP) is 7.05. The van der Waals surface area contributed by atoms with Crippen molar-refractivity contribution in [2.45, 2.75) is 64.1 Å². The van der Waals surface area contributed by atoms with E-state index in [-0.39, 0.29) is 24.3 Å². The maximum atomic E-state index is 13.3. The van der Waals surface area contributed by atoms with Gasteiger partial charge in [-0.2, -0.15) is 5.26 Å². The molecule has 40 heavy (non-hydrogen) atoms. The molecule has 10 heteroatoms. The van der Waals surface area contributed by atoms with Gasteiger partial charge in [0.2, 0.25) is 0 Å². The van der Waals surface area contributed by atoms with E-state index in [4.69, 9.17) is 34.7 Å². The number of carbonyl (C=O) groups excluding carboxylic acids is 1. The summed E-state index contributed by atoms with van der Waals surface area (Å²) in [7, 11) is -2.44. The minimum absolute atomic E-state index is 0.000972. The summed E-state index contributed by atoms with van der Waals surface area (Å²) in [4.78, 5) is 20.0. The average Bonchev–Trinajstić information content (AvgIpc) is 3.51. The van der Waals surface area contributed by atoms with Gasteiger partial charge in [-0.3, -0.25) is 4.90 Å². The van der Waals surface area contributed by atoms with Gasteiger partial charge in [-0.25, -0.2) is 9.78 Å². The van der Waals surface area contributed by atoms with Gasteiger partial charge in [-0.15, -0.1) is 0 Å². The smallest absolute Gasteiger partial charge is 0.414 e. The van der Waals surface area contributed by atoms with Crippen molar-refractivity contribution in [3.8, 4) is 17.2 Å². The average molecular weight is 563 g/mol. The number of ether oxygens (including phenoxy) is 2. The SMILES string of the molecule is [2H]C([2H])([2H])O[C@H]1CC[C@H](n2c([C@@H]3CCOC(=O)N3c3ccc(Cl)c(C#N)c3)nc3cc(-c4c(C)noc4C)ccc32)CC1. The summed E-state index contributed by atoms with van der Waals surface area (Å²) < 4.78 is 40.9. The first-order chi connectivity index (χ1) is 20.5. The number of halogens is 1. The Labute approximate surface area is 241 Å². The quantitative estimate of drug-likeness (QED) is 0.256. The van der Waals surface area contributed by atoms with Crippen molar-refractivity contribution in [1.29, 1.82) is 5.26 Å². The monoisotopic (exact) mass is 562 g/mol. The fourth-order valence-electron chi connectivity index (χ4n) is 6.07. The molecule has 2 aromatic carbocycles. The molecule has 0 radical (unpaired) electrons. The Morgan fingerprint density at radius 2 is 1.98 bits per heavy atom. The molecule has 0 spiro atoms. The van der Waals surface area contributed by atoms with Gasteiger partial charge in [-0.1, -0.05) is 22.8 Å². The van der Waals surface area contributed by atoms with E-state index in [0.29, 0.717) is 54.4 Å². The highest BCUT2D eigenvalue weighted by atomic mass is 35.5. The molecule has 1 aliphatic heterocycles. The zero-order valence-corrected chi connectivity index (χ0v) is 22.9. The van der Waals surface area contributed by atoms with Crippen LogP contribution >= 0.6 is 11.6 Å². The van der Waals surface area contributed by atoms with Gasteiger partial charge < -0.3 is 18.6 Å². The van der Waals surface area contributed by atoms with Crippen molar-refractivity contribution in [3.63, 3.8) is 0 Å². The second kappa shape index (κ2) is 10.6. The van der Waals surface area contributed by atoms with Crippen LogP contribution in [-0.4, -0.2) is 40.5 Å². The maximum absolute atomic E-state index is 13.3. The number of nitriles is 1. The summed E-state index contributed by atoms with van der Waals surface area (Å²) in [5, 5.41) is 14.0. The van der Waals surface area contributed by atoms with Crippen molar-refractivity contribution in [1.82, 2.24) is 14.7 Å². The summed E-state index contributed by atoms with van der Waals surface area (Å²) in [5.74, 6) is 1.40. The number of anilines is 1. The Hall–Kier alpha value is -3.87. The molecule has 6 rings (SSSR count). The molecule has 0 bridgehead atoms. The van der Waals surface area contributed by atoms with E-state index < -0.39 is 19.2 Å². The number of hydrogen-bond acceptors (Lipinski definition) is 7. The summed E-state index contributed by atoms with van der Waals surface area (Å²) in [6, 6.07) is 12.5. The van der Waals surface area contributed by atoms with Crippen LogP contribution in [-0.2, 0) is 9.47 Å². The fraction of sp³-hybridized carbons (Fsp3) is 0.400. The van der Waals surface area contributed by atoms with E-state index in [1.165, 1.54) is 4.90 Å². The van der Waals surface area contributed by atoms with Crippen molar-refractivity contribution < 1.29 is 22.9 Å². The van der Waals surface area contributed by atoms with Crippen molar-refractivity contribution in [2.75, 3.05) is 18.5 Å². The first-order valence-electron chi connectivity index (χ1n) is 14.8. The van der Waals surface area contributed by atoms with Crippen LogP contribution in [0.2, 0.25) is 5.02 Å². The molecule has 2 aliphatic rings. The predicted molar refractivity (Wildman–Crippen MR) is 150 cm³/mol. The third-order valence-corrected chi connectivity index (χ3v) is 8.32. The van der Waals surface area contributed by atoms with E-state index in [2.05, 4.69) is 15.8 Å². The molecule has 2 aromatic heterocycles. The van der Waals surface area contributed by atoms with Crippen LogP contribution in [0.4, 0.5) is 10.5 Å². The zero-order chi connectivity index (χ0) is 30.5. The molecule has 9 nitrogen and oxygen atoms in total. The molecule has 0 unspecified atom stereocenters. The molecule has 1 saturated heterocycles. The first-order valence-corrected chi connectivity index (χ1v) is 13.7. The Balaban J connectivity index is 1.46. The Kier molecular flexibility index (Phi) is 6.07. The number of rotatable bonds is 5. The van der Waals surface area contributed by atoms with Gasteiger partial charge in [0.1, 0.15) is 23.7 Å². The van der Waals surface area contributed by atoms with Crippen LogP contribution in [0, 0.1) is 25.2 Å². The lowest BCUT2D eigenvalue weighted by atomic mass is 9.92. The lowest BCUT2D eigenvalue weighted by molar-refractivity contribution is 0.0582. The van der Waals surface area contributed by atoms with Gasteiger partial charge in [-0.05, 0) is 75.4 Å². The largest absolute Gasteiger partial charge is 0.449 e. The summed E-state index contributed by atoms with van der Waals surface area (Å²) in [6.45, 7) is 3.98. The number of aromatic nitrogens is 3. The maximum Gasteiger partial charge on any atom is 0.414 e. The van der Waals surface area contributed by atoms with Gasteiger partial charge in [0.15, 0.2) is 0 Å². The van der Waals surface area contributed by atoms with Gasteiger partial charge in [0.05, 0.1) is 44.1 Å². The standard InChI is InChI=1S/C30H30ClN5O4/c1-17-28(18(2)40-34-17)19-4-11-26-25(15-19)33-29(35(26)21-5-8-23(38-3)9-6-21)27-12-13-39-30(37)36(27)22-7-10-24(31)20(14-22)16-32/h4,7,10-11,14-15,21,23,27H,5-6,8-9,12-13H2,1-3H3/t21-,23-,27-/m0/s1/i3D3. The number of hydrogen-bond donors (Lipinski definition) is 0. The lowest BCUT2D eigenvalue weighted by Gasteiger charge is -2.37. The number of nitrogens with zero attached hydrogens (tertiary/aromatic N) is 5. The van der Waals surface area contributed by atoms with Crippen LogP contribution in [0.25, 0.3) is 22.2 Å². The van der Waals surface area contributed by atoms with Crippen LogP contribution in [0.1, 0.15) is 71.1 Å². The molecule has 0 N–H and O–H groups in total. The molecule has 2 fully saturated rings. The Morgan fingerprint density at radius 1 is 1.15 bits per heavy atom. The third kappa shape index (κ3) is 4.51. The van der Waals surface area contributed by atoms with Crippen LogP contribution in [0.15, 0.2) is 40.9 Å². The fourth-order valence-corrected chi connectivity index (χ4v) is 6.23. The van der Waals surface area contributed by atoms with Crippen molar-refractivity contribution in [3.05, 3.63) is 64.3 Å². The van der Waals surface area contributed by atoms with E-state index in [1.807, 2.05) is 32.0 Å². The number of methoxy groups -OCH3 is 1. The molecule has 3 heterocycles. The molecule has 1 atom stereocenters. The minimum Gasteiger partial charge on any atom is -0.449 e. The van der Waals surface area contributed by atoms with Gasteiger partial charge in [0, 0.05) is 30.8 Å². The number of benzene rings is 2. The summed E-state index contributed by atoms with van der Waals surface area (Å²) in [5.41, 5.74) is 5.00. The van der Waals surface area contributed by atoms with Gasteiger partial charge in [0.25, 0.3) is 0 Å². The van der Waals surface area contributed by atoms with Crippen LogP contribution in [0.5, 0.6) is 0 Å². The topological polar surface area (TPSA) is 106 Å². The highest BCUT2D eigenvalue weighted by Gasteiger charge is 2.38. The molecule has 1 saturated carbocycles. The van der Waals surface area contributed by atoms with Crippen molar-refractivity contribution in [2.24, 2.45) is 0 Å². The minimum atomic E-state index is -2.44. The number of cyclic esters (lactones) is 1. The number of amides is 1. The van der Waals surface area contributed by atoms with E-state index in [9.17, 15) is 10.1 Å². The van der Waals surface area contributed by atoms with Crippen LogP contribution < -0.4 is 4.90 Å². The number of carbonyl (C=O) groups is 1. The van der Waals surface area contributed by atoms with Crippen LogP contribution in [0.3, 0.4) is 0 Å². The molecule has 4 aromatic rings. The molecular weight excluding hydrogens is 530 g/mol. The summed E-state index contributed by atoms with van der Waals surface area (Å²) >= 11 is 6.21. The Bertz CT molecular complexity index is 1720. The second-order valence-corrected chi connectivity index (χ2v) is 10.8. The number of imidazole rings is 1. The van der Waals surface area contributed by atoms with E-state index >= 15 is 0 Å². The number of fused-ring (bicyclic) bond motifs is 1. The molecule has 1 amide bonds. The molecule has 206 valence electrons. The van der Waals surface area contributed by atoms with Gasteiger partial charge >= 0.3 is 6.09 Å². The third-order valence-electron chi connectivity index (χ3n) is 7.99. The lowest BCUT2D eigenvalue weighted by Crippen LogP contribution is -2.42. The molecule has 1 aliphatic carbocycles. The molecular formula is C30H30ClN5O4. The highest BCUT2D eigenvalue weighted by Crippen LogP contribution is 2.41. The number of aryl methyl sites for hydroxylation is 2. The summed E-state index contributed by atoms with van der Waals surface area (Å²) in [6.07, 6.45) is 2.12. The highest BCUT2D eigenvalue weighted by molar-refractivity contribution is 6.31. The van der Waals surface area contributed by atoms with Crippen molar-refractivity contribution >= 4 is 34.4 Å². The first kappa shape index (κ1) is 22.9. The second-order valence-electron chi connectivity index (χ2n) is 10.4. The normalized spacial score (nSPS) is 22.9. The Morgan fingerprint density at radius 3 is 2.70 bits per heavy atom. The zero-order valence-electron chi connectivity index (χ0n) is 25.2. The van der Waals surface area contributed by atoms with E-state index in [1.54, 1.807) is 18.2 Å².